The van der Waals surface area contributed by atoms with E-state index in [1.54, 1.807) is 17.2 Å². The molecule has 1 saturated carbocycles. The van der Waals surface area contributed by atoms with Crippen LogP contribution >= 0.6 is 0 Å². The van der Waals surface area contributed by atoms with Crippen molar-refractivity contribution < 1.29 is 14.3 Å². The average molecular weight is 356 g/mol. The van der Waals surface area contributed by atoms with Crippen LogP contribution in [0.15, 0.2) is 36.9 Å². The lowest BCUT2D eigenvalue weighted by Gasteiger charge is -2.34. The first kappa shape index (κ1) is 17.2. The quantitative estimate of drug-likeness (QED) is 0.856. The number of aromatic nitrogens is 3. The van der Waals surface area contributed by atoms with Gasteiger partial charge in [0, 0.05) is 24.5 Å². The smallest absolute Gasteiger partial charge is 0.251 e. The molecule has 4 rings (SSSR count). The van der Waals surface area contributed by atoms with Gasteiger partial charge in [-0.25, -0.2) is 0 Å². The fourth-order valence-electron chi connectivity index (χ4n) is 3.33. The molecular weight excluding hydrogens is 332 g/mol. The molecule has 1 aromatic carbocycles. The van der Waals surface area contributed by atoms with Crippen LogP contribution in [0.5, 0.6) is 0 Å². The second-order valence-corrected chi connectivity index (χ2v) is 7.03. The number of rotatable bonds is 6. The summed E-state index contributed by atoms with van der Waals surface area (Å²) >= 11 is 0. The summed E-state index contributed by atoms with van der Waals surface area (Å²) in [6.07, 6.45) is 7.78. The van der Waals surface area contributed by atoms with Crippen molar-refractivity contribution in [1.82, 2.24) is 20.1 Å². The summed E-state index contributed by atoms with van der Waals surface area (Å²) in [5, 5.41) is 10.7. The molecule has 1 aliphatic carbocycles. The molecule has 1 aliphatic heterocycles. The zero-order chi connectivity index (χ0) is 17.8. The summed E-state index contributed by atoms with van der Waals surface area (Å²) in [5.41, 5.74) is 1.55. The van der Waals surface area contributed by atoms with Gasteiger partial charge in [0.05, 0.1) is 12.6 Å². The minimum absolute atomic E-state index is 0.00569. The first-order valence-electron chi connectivity index (χ1n) is 9.25. The molecule has 0 unspecified atom stereocenters. The predicted molar refractivity (Wildman–Crippen MR) is 95.1 cm³/mol. The van der Waals surface area contributed by atoms with E-state index in [9.17, 15) is 4.79 Å². The number of ether oxygens (including phenoxy) is 2. The molecule has 2 atom stereocenters. The van der Waals surface area contributed by atoms with E-state index in [0.29, 0.717) is 24.7 Å². The van der Waals surface area contributed by atoms with Gasteiger partial charge in [0.25, 0.3) is 5.91 Å². The number of hydrogen-bond donors (Lipinski definition) is 1. The van der Waals surface area contributed by atoms with Gasteiger partial charge >= 0.3 is 0 Å². The van der Waals surface area contributed by atoms with E-state index in [-0.39, 0.29) is 18.1 Å². The number of carbonyl (C=O) groups is 1. The highest BCUT2D eigenvalue weighted by atomic mass is 16.5. The molecule has 2 heterocycles. The Bertz CT molecular complexity index is 713. The normalized spacial score (nSPS) is 23.4. The van der Waals surface area contributed by atoms with Crippen molar-refractivity contribution in [2.24, 2.45) is 5.92 Å². The number of benzene rings is 1. The van der Waals surface area contributed by atoms with Crippen LogP contribution in [0.4, 0.5) is 0 Å². The number of nitrogens with zero attached hydrogens (tertiary/aromatic N) is 3. The maximum atomic E-state index is 12.6. The van der Waals surface area contributed by atoms with Crippen molar-refractivity contribution in [2.75, 3.05) is 19.8 Å². The molecule has 0 bridgehead atoms. The van der Waals surface area contributed by atoms with E-state index >= 15 is 0 Å². The van der Waals surface area contributed by atoms with Gasteiger partial charge < -0.3 is 14.8 Å². The summed E-state index contributed by atoms with van der Waals surface area (Å²) in [5.74, 6) is 0.600. The maximum Gasteiger partial charge on any atom is 0.251 e. The molecule has 138 valence electrons. The Kier molecular flexibility index (Phi) is 5.26. The van der Waals surface area contributed by atoms with Crippen LogP contribution in [-0.4, -0.2) is 52.6 Å². The lowest BCUT2D eigenvalue weighted by Crippen LogP contribution is -2.50. The molecule has 1 aromatic heterocycles. The van der Waals surface area contributed by atoms with Crippen LogP contribution in [0, 0.1) is 5.92 Å². The van der Waals surface area contributed by atoms with Crippen LogP contribution in [0.3, 0.4) is 0 Å². The van der Waals surface area contributed by atoms with E-state index in [1.807, 2.05) is 24.3 Å². The molecule has 1 amide bonds. The third-order valence-electron chi connectivity index (χ3n) is 5.24. The van der Waals surface area contributed by atoms with E-state index in [1.165, 1.54) is 19.3 Å². The summed E-state index contributed by atoms with van der Waals surface area (Å²) in [4.78, 5) is 12.6. The van der Waals surface area contributed by atoms with Crippen molar-refractivity contribution in [3.05, 3.63) is 42.5 Å². The van der Waals surface area contributed by atoms with Gasteiger partial charge in [-0.15, -0.1) is 10.2 Å². The molecule has 7 heteroatoms. The third-order valence-corrected chi connectivity index (χ3v) is 5.24. The van der Waals surface area contributed by atoms with Crippen LogP contribution in [0.2, 0.25) is 0 Å². The number of amides is 1. The monoisotopic (exact) mass is 356 g/mol. The second kappa shape index (κ2) is 7.97. The van der Waals surface area contributed by atoms with Gasteiger partial charge in [0.15, 0.2) is 0 Å². The van der Waals surface area contributed by atoms with Gasteiger partial charge in [-0.3, -0.25) is 9.36 Å². The largest absolute Gasteiger partial charge is 0.379 e. The van der Waals surface area contributed by atoms with Gasteiger partial charge in [-0.1, -0.05) is 6.42 Å². The molecule has 2 fully saturated rings. The Morgan fingerprint density at radius 2 is 1.96 bits per heavy atom. The van der Waals surface area contributed by atoms with Gasteiger partial charge in [-0.2, -0.15) is 0 Å². The van der Waals surface area contributed by atoms with Crippen LogP contribution < -0.4 is 5.32 Å². The molecule has 1 saturated heterocycles. The van der Waals surface area contributed by atoms with Gasteiger partial charge in [0.2, 0.25) is 0 Å². The second-order valence-electron chi connectivity index (χ2n) is 7.03. The number of nitrogens with one attached hydrogen (secondary N) is 1. The zero-order valence-electron chi connectivity index (χ0n) is 14.7. The molecular formula is C19H24N4O3. The van der Waals surface area contributed by atoms with E-state index in [2.05, 4.69) is 15.5 Å². The third kappa shape index (κ3) is 3.94. The first-order valence-corrected chi connectivity index (χ1v) is 9.25. The highest BCUT2D eigenvalue weighted by Crippen LogP contribution is 2.27. The molecule has 2 aromatic rings. The molecule has 0 radical (unpaired) electrons. The number of hydrogen-bond acceptors (Lipinski definition) is 5. The van der Waals surface area contributed by atoms with Crippen molar-refractivity contribution >= 4 is 5.91 Å². The van der Waals surface area contributed by atoms with E-state index < -0.39 is 0 Å². The van der Waals surface area contributed by atoms with Crippen molar-refractivity contribution in [3.63, 3.8) is 0 Å². The van der Waals surface area contributed by atoms with Gasteiger partial charge in [-0.05, 0) is 49.4 Å². The predicted octanol–water partition coefficient (Wildman–Crippen LogP) is 1.97. The lowest BCUT2D eigenvalue weighted by atomic mass is 9.86. The maximum absolute atomic E-state index is 12.6. The Balaban J connectivity index is 1.35. The topological polar surface area (TPSA) is 78.3 Å². The molecule has 7 nitrogen and oxygen atoms in total. The summed E-state index contributed by atoms with van der Waals surface area (Å²) in [7, 11) is 0. The highest BCUT2D eigenvalue weighted by Gasteiger charge is 2.29. The van der Waals surface area contributed by atoms with E-state index in [0.717, 1.165) is 18.7 Å². The zero-order valence-corrected chi connectivity index (χ0v) is 14.7. The SMILES string of the molecule is O=C(N[C@@H]1CCOC[C@H]1OCC1CCC1)c1ccc(-n2cnnc2)cc1. The van der Waals surface area contributed by atoms with Crippen molar-refractivity contribution in [1.29, 1.82) is 0 Å². The molecule has 26 heavy (non-hydrogen) atoms. The fourth-order valence-corrected chi connectivity index (χ4v) is 3.33. The summed E-state index contributed by atoms with van der Waals surface area (Å²) in [6.45, 7) is 1.97. The highest BCUT2D eigenvalue weighted by molar-refractivity contribution is 5.94. The minimum atomic E-state index is -0.0792. The summed E-state index contributed by atoms with van der Waals surface area (Å²) in [6, 6.07) is 7.39. The van der Waals surface area contributed by atoms with Crippen LogP contribution in [0.1, 0.15) is 36.0 Å². The van der Waals surface area contributed by atoms with E-state index in [4.69, 9.17) is 9.47 Å². The molecule has 1 N–H and O–H groups in total. The lowest BCUT2D eigenvalue weighted by molar-refractivity contribution is -0.0819. The fraction of sp³-hybridized carbons (Fsp3) is 0.526. The minimum Gasteiger partial charge on any atom is -0.379 e. The van der Waals surface area contributed by atoms with Crippen molar-refractivity contribution in [2.45, 2.75) is 37.8 Å². The molecule has 0 spiro atoms. The Labute approximate surface area is 152 Å². The van der Waals surface area contributed by atoms with Crippen molar-refractivity contribution in [3.8, 4) is 5.69 Å². The first-order chi connectivity index (χ1) is 12.8. The standard InChI is InChI=1S/C19H24N4O3/c24-19(15-4-6-16(7-5-15)23-12-20-21-13-23)22-17-8-9-25-11-18(17)26-10-14-2-1-3-14/h4-7,12-14,17-18H,1-3,8-11H2,(H,22,24)/t17-,18-/m1/s1. The Morgan fingerprint density at radius 3 is 2.65 bits per heavy atom. The average Bonchev–Trinajstić information content (AvgIpc) is 3.16. The molecule has 2 aliphatic rings. The van der Waals surface area contributed by atoms with Crippen LogP contribution in [-0.2, 0) is 9.47 Å². The summed E-state index contributed by atoms with van der Waals surface area (Å²) < 4.78 is 13.4. The Morgan fingerprint density at radius 1 is 1.19 bits per heavy atom. The Hall–Kier alpha value is -2.25. The number of carbonyl (C=O) groups excluding carboxylic acids is 1. The van der Waals surface area contributed by atoms with Crippen LogP contribution in [0.25, 0.3) is 5.69 Å². The van der Waals surface area contributed by atoms with Gasteiger partial charge in [0.1, 0.15) is 18.8 Å².